The number of furan rings is 1. The predicted octanol–water partition coefficient (Wildman–Crippen LogP) is 2.76. The van der Waals surface area contributed by atoms with Crippen molar-refractivity contribution >= 4 is 11.0 Å². The van der Waals surface area contributed by atoms with Crippen LogP contribution in [-0.2, 0) is 17.8 Å². The van der Waals surface area contributed by atoms with Crippen LogP contribution in [0.5, 0.6) is 0 Å². The van der Waals surface area contributed by atoms with Gasteiger partial charge in [-0.25, -0.2) is 0 Å². The fourth-order valence-corrected chi connectivity index (χ4v) is 3.29. The Morgan fingerprint density at radius 3 is 2.86 bits per heavy atom. The second-order valence-electron chi connectivity index (χ2n) is 5.88. The van der Waals surface area contributed by atoms with E-state index in [1.807, 2.05) is 19.2 Å². The number of benzene rings is 1. The molecule has 21 heavy (non-hydrogen) atoms. The van der Waals surface area contributed by atoms with Gasteiger partial charge < -0.3 is 14.5 Å². The van der Waals surface area contributed by atoms with Crippen molar-refractivity contribution in [2.24, 2.45) is 0 Å². The zero-order valence-electron chi connectivity index (χ0n) is 13.1. The van der Waals surface area contributed by atoms with Gasteiger partial charge in [0.2, 0.25) is 0 Å². The third kappa shape index (κ3) is 2.84. The van der Waals surface area contributed by atoms with Crippen molar-refractivity contribution in [3.05, 3.63) is 35.6 Å². The molecule has 1 fully saturated rings. The summed E-state index contributed by atoms with van der Waals surface area (Å²) in [6, 6.07) is 8.78. The molecule has 3 rings (SSSR count). The monoisotopic (exact) mass is 288 g/mol. The molecule has 4 nitrogen and oxygen atoms in total. The molecule has 0 bridgehead atoms. The van der Waals surface area contributed by atoms with Crippen LogP contribution < -0.4 is 5.32 Å². The van der Waals surface area contributed by atoms with Gasteiger partial charge in [-0.3, -0.25) is 4.90 Å². The van der Waals surface area contributed by atoms with Crippen LogP contribution in [0.2, 0.25) is 0 Å². The summed E-state index contributed by atoms with van der Waals surface area (Å²) in [6.07, 6.45) is 1.41. The fraction of sp³-hybridized carbons (Fsp3) is 0.529. The first-order valence-electron chi connectivity index (χ1n) is 7.66. The summed E-state index contributed by atoms with van der Waals surface area (Å²) in [6.45, 7) is 4.68. The normalized spacial score (nSPS) is 22.5. The summed E-state index contributed by atoms with van der Waals surface area (Å²) in [5.74, 6) is 1.04. The Bertz CT molecular complexity index is 608. The Hall–Kier alpha value is -1.36. The predicted molar refractivity (Wildman–Crippen MR) is 84.3 cm³/mol. The lowest BCUT2D eigenvalue weighted by Gasteiger charge is -2.26. The maximum atomic E-state index is 6.01. The van der Waals surface area contributed by atoms with E-state index in [4.69, 9.17) is 9.15 Å². The molecule has 1 aliphatic heterocycles. The Labute approximate surface area is 126 Å². The first kappa shape index (κ1) is 14.6. The van der Waals surface area contributed by atoms with Crippen LogP contribution in [0, 0.1) is 0 Å². The summed E-state index contributed by atoms with van der Waals surface area (Å²) >= 11 is 0. The van der Waals surface area contributed by atoms with E-state index in [1.165, 1.54) is 10.9 Å². The molecular weight excluding hydrogens is 264 g/mol. The first-order chi connectivity index (χ1) is 10.2. The highest BCUT2D eigenvalue weighted by atomic mass is 16.5. The molecule has 0 amide bonds. The van der Waals surface area contributed by atoms with Crippen molar-refractivity contribution in [1.29, 1.82) is 0 Å². The molecule has 0 spiro atoms. The quantitative estimate of drug-likeness (QED) is 0.918. The van der Waals surface area contributed by atoms with Crippen LogP contribution in [0.1, 0.15) is 24.7 Å². The van der Waals surface area contributed by atoms with Crippen LogP contribution in [0.25, 0.3) is 11.0 Å². The van der Waals surface area contributed by atoms with Crippen LogP contribution in [0.15, 0.2) is 28.7 Å². The Morgan fingerprint density at radius 1 is 1.33 bits per heavy atom. The van der Waals surface area contributed by atoms with Crippen molar-refractivity contribution in [3.8, 4) is 0 Å². The average molecular weight is 288 g/mol. The molecule has 2 heterocycles. The molecule has 0 aliphatic carbocycles. The smallest absolute Gasteiger partial charge is 0.134 e. The van der Waals surface area contributed by atoms with Gasteiger partial charge in [-0.2, -0.15) is 0 Å². The zero-order chi connectivity index (χ0) is 14.8. The maximum Gasteiger partial charge on any atom is 0.134 e. The summed E-state index contributed by atoms with van der Waals surface area (Å²) in [5.41, 5.74) is 2.27. The van der Waals surface area contributed by atoms with Crippen LogP contribution in [0.4, 0.5) is 0 Å². The maximum absolute atomic E-state index is 6.01. The number of nitrogens with one attached hydrogen (secondary N) is 1. The highest BCUT2D eigenvalue weighted by Crippen LogP contribution is 2.29. The number of hydrogen-bond acceptors (Lipinski definition) is 4. The van der Waals surface area contributed by atoms with Crippen molar-refractivity contribution in [2.45, 2.75) is 38.6 Å². The van der Waals surface area contributed by atoms with Crippen LogP contribution in [0.3, 0.4) is 0 Å². The number of likely N-dealkylation sites (N-methyl/N-ethyl adjacent to an activating group) is 1. The molecule has 0 saturated carbocycles. The van der Waals surface area contributed by atoms with E-state index < -0.39 is 0 Å². The lowest BCUT2D eigenvalue weighted by atomic mass is 10.1. The molecule has 1 N–H and O–H groups in total. The van der Waals surface area contributed by atoms with E-state index in [0.717, 1.165) is 37.5 Å². The minimum absolute atomic E-state index is 0.306. The first-order valence-corrected chi connectivity index (χ1v) is 7.66. The second kappa shape index (κ2) is 6.18. The summed E-state index contributed by atoms with van der Waals surface area (Å²) in [7, 11) is 4.13. The van der Waals surface area contributed by atoms with Crippen molar-refractivity contribution in [2.75, 3.05) is 20.7 Å². The zero-order valence-corrected chi connectivity index (χ0v) is 13.1. The second-order valence-corrected chi connectivity index (χ2v) is 5.88. The molecule has 0 radical (unpaired) electrons. The largest absolute Gasteiger partial charge is 0.459 e. The summed E-state index contributed by atoms with van der Waals surface area (Å²) in [5, 5.41) is 4.42. The number of nitrogens with zero attached hydrogens (tertiary/aromatic N) is 1. The third-order valence-electron chi connectivity index (χ3n) is 4.43. The van der Waals surface area contributed by atoms with Crippen molar-refractivity contribution in [1.82, 2.24) is 10.2 Å². The standard InChI is InChI=1S/C17H24N2O2/c1-12-15(8-9-20-12)19(3)11-14-13-6-4-5-7-16(13)21-17(14)10-18-2/h4-7,12,15,18H,8-11H2,1-3H3. The molecule has 2 aromatic rings. The molecule has 1 aromatic carbocycles. The molecule has 114 valence electrons. The number of rotatable bonds is 5. The van der Waals surface area contributed by atoms with E-state index in [0.29, 0.717) is 12.1 Å². The van der Waals surface area contributed by atoms with Crippen LogP contribution >= 0.6 is 0 Å². The van der Waals surface area contributed by atoms with Gasteiger partial charge in [-0.1, -0.05) is 18.2 Å². The molecule has 2 atom stereocenters. The summed E-state index contributed by atoms with van der Waals surface area (Å²) in [4.78, 5) is 2.40. The van der Waals surface area contributed by atoms with E-state index in [2.05, 4.69) is 36.3 Å². The average Bonchev–Trinajstić information content (AvgIpc) is 3.04. The van der Waals surface area contributed by atoms with E-state index in [-0.39, 0.29) is 0 Å². The van der Waals surface area contributed by atoms with Gasteiger partial charge in [0.1, 0.15) is 11.3 Å². The minimum atomic E-state index is 0.306. The Balaban J connectivity index is 1.89. The lowest BCUT2D eigenvalue weighted by Crippen LogP contribution is -2.36. The molecule has 2 unspecified atom stereocenters. The molecule has 1 aliphatic rings. The van der Waals surface area contributed by atoms with Gasteiger partial charge in [-0.15, -0.1) is 0 Å². The van der Waals surface area contributed by atoms with Gasteiger partial charge >= 0.3 is 0 Å². The van der Waals surface area contributed by atoms with Crippen LogP contribution in [-0.4, -0.2) is 37.7 Å². The topological polar surface area (TPSA) is 37.6 Å². The van der Waals surface area contributed by atoms with E-state index in [9.17, 15) is 0 Å². The Kier molecular flexibility index (Phi) is 4.29. The third-order valence-corrected chi connectivity index (χ3v) is 4.43. The fourth-order valence-electron chi connectivity index (χ4n) is 3.29. The van der Waals surface area contributed by atoms with Gasteiger partial charge in [-0.05, 0) is 33.5 Å². The molecule has 1 aromatic heterocycles. The molecule has 4 heteroatoms. The number of fused-ring (bicyclic) bond motifs is 1. The van der Waals surface area contributed by atoms with E-state index >= 15 is 0 Å². The van der Waals surface area contributed by atoms with Gasteiger partial charge in [0, 0.05) is 30.1 Å². The molecule has 1 saturated heterocycles. The highest BCUT2D eigenvalue weighted by molar-refractivity contribution is 5.82. The van der Waals surface area contributed by atoms with Gasteiger partial charge in [0.25, 0.3) is 0 Å². The summed E-state index contributed by atoms with van der Waals surface area (Å²) < 4.78 is 11.7. The van der Waals surface area contributed by atoms with E-state index in [1.54, 1.807) is 0 Å². The van der Waals surface area contributed by atoms with Gasteiger partial charge in [0.05, 0.1) is 12.6 Å². The lowest BCUT2D eigenvalue weighted by molar-refractivity contribution is 0.0813. The minimum Gasteiger partial charge on any atom is -0.459 e. The number of ether oxygens (including phenoxy) is 1. The van der Waals surface area contributed by atoms with Crippen molar-refractivity contribution in [3.63, 3.8) is 0 Å². The van der Waals surface area contributed by atoms with Gasteiger partial charge in [0.15, 0.2) is 0 Å². The number of para-hydroxylation sites is 1. The Morgan fingerprint density at radius 2 is 2.14 bits per heavy atom. The molecular formula is C17H24N2O2. The highest BCUT2D eigenvalue weighted by Gasteiger charge is 2.29. The number of hydrogen-bond donors (Lipinski definition) is 1. The van der Waals surface area contributed by atoms with Crippen molar-refractivity contribution < 1.29 is 9.15 Å². The SMILES string of the molecule is CNCc1oc2ccccc2c1CN(C)C1CCOC1C.